The maximum atomic E-state index is 6.44. The molecule has 0 saturated carbocycles. The number of fused-ring (bicyclic) bond motifs is 3. The van der Waals surface area contributed by atoms with Gasteiger partial charge in [0.25, 0.3) is 0 Å². The summed E-state index contributed by atoms with van der Waals surface area (Å²) < 4.78 is 18.3. The Morgan fingerprint density at radius 3 is 2.55 bits per heavy atom. The third-order valence-electron chi connectivity index (χ3n) is 5.63. The molecule has 0 fully saturated rings. The molecule has 0 bridgehead atoms. The van der Waals surface area contributed by atoms with Crippen LogP contribution in [-0.4, -0.2) is 24.9 Å². The minimum absolute atomic E-state index is 0.00763. The molecule has 0 N–H and O–H groups in total. The van der Waals surface area contributed by atoms with Gasteiger partial charge in [-0.3, -0.25) is 0 Å². The number of halogens is 2. The van der Waals surface area contributed by atoms with Gasteiger partial charge < -0.3 is 14.2 Å². The van der Waals surface area contributed by atoms with Crippen LogP contribution in [0.2, 0.25) is 5.02 Å². The highest BCUT2D eigenvalue weighted by Gasteiger charge is 2.42. The zero-order valence-electron chi connectivity index (χ0n) is 17.0. The normalized spacial score (nSPS) is 19.2. The number of hydrogen-bond donors (Lipinski definition) is 0. The molecule has 0 radical (unpaired) electrons. The zero-order chi connectivity index (χ0) is 21.5. The summed E-state index contributed by atoms with van der Waals surface area (Å²) in [5.74, 6) is 2.37. The molecule has 7 heteroatoms. The summed E-state index contributed by atoms with van der Waals surface area (Å²) in [6.07, 6.45) is 0.317. The van der Waals surface area contributed by atoms with Gasteiger partial charge in [0, 0.05) is 21.5 Å². The fraction of sp³-hybridized carbons (Fsp3) is 0.208. The first kappa shape index (κ1) is 20.2. The van der Waals surface area contributed by atoms with E-state index in [1.54, 1.807) is 14.2 Å². The third-order valence-corrected chi connectivity index (χ3v) is 6.36. The van der Waals surface area contributed by atoms with E-state index in [0.717, 1.165) is 50.5 Å². The van der Waals surface area contributed by atoms with Crippen molar-refractivity contribution >= 4 is 33.2 Å². The van der Waals surface area contributed by atoms with Crippen LogP contribution in [0.1, 0.15) is 35.4 Å². The Balaban J connectivity index is 1.61. The van der Waals surface area contributed by atoms with Gasteiger partial charge in [-0.2, -0.15) is 5.10 Å². The lowest BCUT2D eigenvalue weighted by atomic mass is 9.95. The average Bonchev–Trinajstić information content (AvgIpc) is 3.24. The summed E-state index contributed by atoms with van der Waals surface area (Å²) in [4.78, 5) is 0. The molecule has 0 unspecified atom stereocenters. The number of ether oxygens (including phenoxy) is 3. The van der Waals surface area contributed by atoms with Crippen LogP contribution in [0.3, 0.4) is 0 Å². The highest BCUT2D eigenvalue weighted by Crippen LogP contribution is 2.49. The van der Waals surface area contributed by atoms with Crippen LogP contribution in [0.4, 0.5) is 0 Å². The molecular formula is C24H20BrClN2O3. The zero-order valence-corrected chi connectivity index (χ0v) is 19.4. The lowest BCUT2D eigenvalue weighted by Gasteiger charge is -2.38. The van der Waals surface area contributed by atoms with E-state index in [4.69, 9.17) is 30.9 Å². The average molecular weight is 500 g/mol. The fourth-order valence-corrected chi connectivity index (χ4v) is 4.68. The predicted octanol–water partition coefficient (Wildman–Crippen LogP) is 6.36. The molecule has 2 aliphatic heterocycles. The molecule has 31 heavy (non-hydrogen) atoms. The van der Waals surface area contributed by atoms with Gasteiger partial charge in [-0.05, 0) is 66.2 Å². The third kappa shape index (κ3) is 3.64. The van der Waals surface area contributed by atoms with Crippen LogP contribution in [0.15, 0.2) is 70.2 Å². The topological polar surface area (TPSA) is 43.3 Å². The summed E-state index contributed by atoms with van der Waals surface area (Å²) in [6.45, 7) is 0. The summed E-state index contributed by atoms with van der Waals surface area (Å²) >= 11 is 9.90. The van der Waals surface area contributed by atoms with Gasteiger partial charge in [0.2, 0.25) is 6.23 Å². The van der Waals surface area contributed by atoms with Crippen molar-refractivity contribution < 1.29 is 14.2 Å². The van der Waals surface area contributed by atoms with Gasteiger partial charge in [-0.1, -0.05) is 27.5 Å². The lowest BCUT2D eigenvalue weighted by molar-refractivity contribution is -0.0203. The van der Waals surface area contributed by atoms with E-state index in [0.29, 0.717) is 5.02 Å². The van der Waals surface area contributed by atoms with Crippen LogP contribution < -0.4 is 14.2 Å². The number of rotatable bonds is 4. The van der Waals surface area contributed by atoms with Gasteiger partial charge in [0.1, 0.15) is 17.2 Å². The standard InChI is InChI=1S/C24H20BrClN2O3/c1-29-17-7-3-14(4-8-17)20-13-21-18-12-16(26)6-10-23(18)31-24(28(21)27-20)19-11-15(25)5-9-22(19)30-2/h3-12,21,24H,13H2,1-2H3/t21-,24-/m0/s1. The van der Waals surface area contributed by atoms with Gasteiger partial charge >= 0.3 is 0 Å². The summed E-state index contributed by atoms with van der Waals surface area (Å²) in [5, 5.41) is 7.69. The Hall–Kier alpha value is -2.70. The van der Waals surface area contributed by atoms with E-state index in [9.17, 15) is 0 Å². The van der Waals surface area contributed by atoms with Crippen molar-refractivity contribution in [1.29, 1.82) is 0 Å². The van der Waals surface area contributed by atoms with Crippen LogP contribution in [0.5, 0.6) is 17.2 Å². The minimum atomic E-state index is -0.429. The number of hydrogen-bond acceptors (Lipinski definition) is 5. The van der Waals surface area contributed by atoms with Crippen molar-refractivity contribution in [3.8, 4) is 17.2 Å². The molecular weight excluding hydrogens is 480 g/mol. The molecule has 0 amide bonds. The van der Waals surface area contributed by atoms with E-state index in [1.165, 1.54) is 0 Å². The Morgan fingerprint density at radius 2 is 1.81 bits per heavy atom. The molecule has 5 nitrogen and oxygen atoms in total. The van der Waals surface area contributed by atoms with Gasteiger partial charge in [0.15, 0.2) is 0 Å². The molecule has 2 aliphatic rings. The Labute approximate surface area is 194 Å². The van der Waals surface area contributed by atoms with Crippen molar-refractivity contribution in [3.05, 3.63) is 86.8 Å². The fourth-order valence-electron chi connectivity index (χ4n) is 4.12. The first-order valence-electron chi connectivity index (χ1n) is 9.87. The highest BCUT2D eigenvalue weighted by molar-refractivity contribution is 9.10. The maximum absolute atomic E-state index is 6.44. The number of methoxy groups -OCH3 is 2. The molecule has 0 saturated heterocycles. The predicted molar refractivity (Wildman–Crippen MR) is 124 cm³/mol. The summed E-state index contributed by atoms with van der Waals surface area (Å²) in [6, 6.07) is 19.6. The highest BCUT2D eigenvalue weighted by atomic mass is 79.9. The van der Waals surface area contributed by atoms with Crippen LogP contribution >= 0.6 is 27.5 Å². The first-order chi connectivity index (χ1) is 15.1. The SMILES string of the molecule is COc1ccc(C2=NN3[C@@H](C2)c2cc(Cl)ccc2O[C@H]3c2cc(Br)ccc2OC)cc1. The van der Waals surface area contributed by atoms with Gasteiger partial charge in [-0.25, -0.2) is 5.01 Å². The molecule has 2 heterocycles. The minimum Gasteiger partial charge on any atom is -0.497 e. The quantitative estimate of drug-likeness (QED) is 0.419. The lowest BCUT2D eigenvalue weighted by Crippen LogP contribution is -2.34. The van der Waals surface area contributed by atoms with Crippen LogP contribution in [0, 0.1) is 0 Å². The molecule has 3 aromatic carbocycles. The Kier molecular flexibility index (Phi) is 5.28. The number of hydrazone groups is 1. The smallest absolute Gasteiger partial charge is 0.217 e. The van der Waals surface area contributed by atoms with Crippen molar-refractivity contribution in [2.45, 2.75) is 18.7 Å². The van der Waals surface area contributed by atoms with E-state index < -0.39 is 6.23 Å². The van der Waals surface area contributed by atoms with E-state index in [2.05, 4.69) is 15.9 Å². The molecule has 2 atom stereocenters. The van der Waals surface area contributed by atoms with Crippen LogP contribution in [0.25, 0.3) is 0 Å². The van der Waals surface area contributed by atoms with Crippen LogP contribution in [-0.2, 0) is 0 Å². The molecule has 0 aliphatic carbocycles. The second kappa shape index (κ2) is 8.09. The molecule has 0 spiro atoms. The van der Waals surface area contributed by atoms with Crippen molar-refractivity contribution in [1.82, 2.24) is 5.01 Å². The largest absolute Gasteiger partial charge is 0.497 e. The number of nitrogens with zero attached hydrogens (tertiary/aromatic N) is 2. The van der Waals surface area contributed by atoms with E-state index in [1.807, 2.05) is 65.7 Å². The molecule has 158 valence electrons. The molecule has 3 aromatic rings. The van der Waals surface area contributed by atoms with Gasteiger partial charge in [-0.15, -0.1) is 0 Å². The van der Waals surface area contributed by atoms with Crippen molar-refractivity contribution in [2.75, 3.05) is 14.2 Å². The van der Waals surface area contributed by atoms with Crippen molar-refractivity contribution in [2.24, 2.45) is 5.10 Å². The Bertz CT molecular complexity index is 1170. The van der Waals surface area contributed by atoms with Gasteiger partial charge in [0.05, 0.1) is 31.5 Å². The summed E-state index contributed by atoms with van der Waals surface area (Å²) in [5.41, 5.74) is 3.98. The maximum Gasteiger partial charge on any atom is 0.217 e. The van der Waals surface area contributed by atoms with Crippen molar-refractivity contribution in [3.63, 3.8) is 0 Å². The van der Waals surface area contributed by atoms with E-state index >= 15 is 0 Å². The second-order valence-electron chi connectivity index (χ2n) is 7.41. The summed E-state index contributed by atoms with van der Waals surface area (Å²) in [7, 11) is 3.33. The molecule has 0 aromatic heterocycles. The van der Waals surface area contributed by atoms with E-state index in [-0.39, 0.29) is 6.04 Å². The number of benzene rings is 3. The Morgan fingerprint density at radius 1 is 1.00 bits per heavy atom. The monoisotopic (exact) mass is 498 g/mol. The molecule has 5 rings (SSSR count). The first-order valence-corrected chi connectivity index (χ1v) is 11.0. The second-order valence-corrected chi connectivity index (χ2v) is 8.77.